The molecule has 3 fully saturated rings. The minimum Gasteiger partial charge on any atom is -0.340 e. The van der Waals surface area contributed by atoms with E-state index in [1.165, 1.54) is 25.7 Å². The molecule has 0 aromatic carbocycles. The number of carbonyl (C=O) groups is 1. The Bertz CT molecular complexity index is 363. The van der Waals surface area contributed by atoms with Gasteiger partial charge < -0.3 is 10.2 Å². The van der Waals surface area contributed by atoms with Crippen LogP contribution in [0.25, 0.3) is 0 Å². The Morgan fingerprint density at radius 1 is 1.00 bits per heavy atom. The molecule has 2 aliphatic heterocycles. The molecule has 126 valence electrons. The average Bonchev–Trinajstić information content (AvgIpc) is 3.09. The molecule has 3 rings (SSSR count). The summed E-state index contributed by atoms with van der Waals surface area (Å²) in [6.45, 7) is 10.7. The van der Waals surface area contributed by atoms with Gasteiger partial charge in [0.15, 0.2) is 0 Å². The van der Waals surface area contributed by atoms with Crippen molar-refractivity contribution in [3.8, 4) is 0 Å². The van der Waals surface area contributed by atoms with Crippen LogP contribution in [0.3, 0.4) is 0 Å². The van der Waals surface area contributed by atoms with E-state index >= 15 is 0 Å². The maximum absolute atomic E-state index is 12.5. The first-order valence-corrected chi connectivity index (χ1v) is 9.38. The summed E-state index contributed by atoms with van der Waals surface area (Å²) in [6, 6.07) is 0.778. The lowest BCUT2D eigenvalue weighted by atomic mass is 9.79. The van der Waals surface area contributed by atoms with Crippen LogP contribution in [0.15, 0.2) is 0 Å². The first kappa shape index (κ1) is 16.3. The van der Waals surface area contributed by atoms with Gasteiger partial charge in [-0.1, -0.05) is 13.8 Å². The van der Waals surface area contributed by atoms with Crippen molar-refractivity contribution in [1.29, 1.82) is 0 Å². The summed E-state index contributed by atoms with van der Waals surface area (Å²) < 4.78 is 0. The van der Waals surface area contributed by atoms with E-state index in [0.717, 1.165) is 63.6 Å². The Balaban J connectivity index is 1.43. The summed E-state index contributed by atoms with van der Waals surface area (Å²) in [5, 5.41) is 3.31. The molecule has 3 aliphatic rings. The fourth-order valence-electron chi connectivity index (χ4n) is 4.56. The lowest BCUT2D eigenvalue weighted by molar-refractivity contribution is -0.137. The third-order valence-corrected chi connectivity index (χ3v) is 6.24. The first-order chi connectivity index (χ1) is 10.6. The summed E-state index contributed by atoms with van der Waals surface area (Å²) in [5.74, 6) is 2.42. The number of carbonyl (C=O) groups excluding carboxylic acids is 1. The van der Waals surface area contributed by atoms with Crippen molar-refractivity contribution in [3.63, 3.8) is 0 Å². The highest BCUT2D eigenvalue weighted by Gasteiger charge is 2.32. The highest BCUT2D eigenvalue weighted by Crippen LogP contribution is 2.32. The maximum atomic E-state index is 12.5. The SMILES string of the molecule is CC(C)C1CCC(N2CCN(C(=O)C3CCNC3)CC2)CC1. The quantitative estimate of drug-likeness (QED) is 0.866. The molecule has 1 aliphatic carbocycles. The van der Waals surface area contributed by atoms with Crippen LogP contribution in [0, 0.1) is 17.8 Å². The van der Waals surface area contributed by atoms with Crippen LogP contribution in [0.4, 0.5) is 0 Å². The molecule has 1 atom stereocenters. The molecule has 0 aromatic heterocycles. The molecule has 0 bridgehead atoms. The van der Waals surface area contributed by atoms with Crippen molar-refractivity contribution >= 4 is 5.91 Å². The molecule has 2 heterocycles. The third kappa shape index (κ3) is 3.65. The molecule has 0 aromatic rings. The van der Waals surface area contributed by atoms with Gasteiger partial charge >= 0.3 is 0 Å². The summed E-state index contributed by atoms with van der Waals surface area (Å²) in [6.07, 6.45) is 6.55. The van der Waals surface area contributed by atoms with Gasteiger partial charge in [-0.3, -0.25) is 9.69 Å². The number of hydrogen-bond donors (Lipinski definition) is 1. The fourth-order valence-corrected chi connectivity index (χ4v) is 4.56. The standard InChI is InChI=1S/C18H33N3O/c1-14(2)15-3-5-17(6-4-15)20-9-11-21(12-10-20)18(22)16-7-8-19-13-16/h14-17,19H,3-13H2,1-2H3. The number of nitrogens with one attached hydrogen (secondary N) is 1. The highest BCUT2D eigenvalue weighted by molar-refractivity contribution is 5.79. The predicted molar refractivity (Wildman–Crippen MR) is 89.7 cm³/mol. The molecule has 2 saturated heterocycles. The van der Waals surface area contributed by atoms with Crippen molar-refractivity contribution in [2.45, 2.75) is 52.0 Å². The third-order valence-electron chi connectivity index (χ3n) is 6.24. The number of nitrogens with zero attached hydrogens (tertiary/aromatic N) is 2. The molecule has 0 radical (unpaired) electrons. The second-order valence-electron chi connectivity index (χ2n) is 7.86. The molecular weight excluding hydrogens is 274 g/mol. The van der Waals surface area contributed by atoms with Gasteiger partial charge in [0.25, 0.3) is 0 Å². The molecule has 4 heteroatoms. The van der Waals surface area contributed by atoms with Gasteiger partial charge in [0, 0.05) is 38.8 Å². The van der Waals surface area contributed by atoms with Gasteiger partial charge in [-0.25, -0.2) is 0 Å². The van der Waals surface area contributed by atoms with Crippen LogP contribution in [0.5, 0.6) is 0 Å². The number of hydrogen-bond acceptors (Lipinski definition) is 3. The van der Waals surface area contributed by atoms with E-state index < -0.39 is 0 Å². The second-order valence-corrected chi connectivity index (χ2v) is 7.86. The average molecular weight is 307 g/mol. The van der Waals surface area contributed by atoms with Gasteiger partial charge in [-0.2, -0.15) is 0 Å². The van der Waals surface area contributed by atoms with Crippen LogP contribution in [-0.4, -0.2) is 61.0 Å². The van der Waals surface area contributed by atoms with Crippen LogP contribution in [0.1, 0.15) is 46.0 Å². The minimum absolute atomic E-state index is 0.244. The Kier molecular flexibility index (Phi) is 5.40. The molecule has 4 nitrogen and oxygen atoms in total. The summed E-state index contributed by atoms with van der Waals surface area (Å²) in [7, 11) is 0. The van der Waals surface area contributed by atoms with Crippen LogP contribution < -0.4 is 5.32 Å². The second kappa shape index (κ2) is 7.31. The Labute approximate surface area is 135 Å². The Morgan fingerprint density at radius 2 is 1.68 bits per heavy atom. The zero-order valence-corrected chi connectivity index (χ0v) is 14.4. The molecule has 0 spiro atoms. The van der Waals surface area contributed by atoms with Gasteiger partial charge in [0.2, 0.25) is 5.91 Å². The first-order valence-electron chi connectivity index (χ1n) is 9.38. The highest BCUT2D eigenvalue weighted by atomic mass is 16.2. The Hall–Kier alpha value is -0.610. The van der Waals surface area contributed by atoms with Crippen molar-refractivity contribution < 1.29 is 4.79 Å². The van der Waals surface area contributed by atoms with Gasteiger partial charge in [0.1, 0.15) is 0 Å². The van der Waals surface area contributed by atoms with E-state index in [4.69, 9.17) is 0 Å². The number of amides is 1. The van der Waals surface area contributed by atoms with E-state index in [2.05, 4.69) is 29.0 Å². The van der Waals surface area contributed by atoms with Gasteiger partial charge in [-0.05, 0) is 50.5 Å². The summed E-state index contributed by atoms with van der Waals surface area (Å²) >= 11 is 0. The lowest BCUT2D eigenvalue weighted by Crippen LogP contribution is -2.53. The summed E-state index contributed by atoms with van der Waals surface area (Å²) in [5.41, 5.74) is 0. The Morgan fingerprint density at radius 3 is 2.23 bits per heavy atom. The normalized spacial score (nSPS) is 34.3. The van der Waals surface area contributed by atoms with E-state index in [-0.39, 0.29) is 5.92 Å². The van der Waals surface area contributed by atoms with E-state index in [1.807, 2.05) is 0 Å². The smallest absolute Gasteiger partial charge is 0.227 e. The van der Waals surface area contributed by atoms with Crippen LogP contribution in [-0.2, 0) is 4.79 Å². The molecular formula is C18H33N3O. The van der Waals surface area contributed by atoms with Crippen LogP contribution in [0.2, 0.25) is 0 Å². The maximum Gasteiger partial charge on any atom is 0.227 e. The van der Waals surface area contributed by atoms with Crippen molar-refractivity contribution in [1.82, 2.24) is 15.1 Å². The van der Waals surface area contributed by atoms with E-state index in [0.29, 0.717) is 5.91 Å². The molecule has 1 N–H and O–H groups in total. The van der Waals surface area contributed by atoms with Crippen molar-refractivity contribution in [2.75, 3.05) is 39.3 Å². The lowest BCUT2D eigenvalue weighted by Gasteiger charge is -2.43. The zero-order chi connectivity index (χ0) is 15.5. The zero-order valence-electron chi connectivity index (χ0n) is 14.4. The topological polar surface area (TPSA) is 35.6 Å². The molecule has 22 heavy (non-hydrogen) atoms. The molecule has 1 saturated carbocycles. The largest absolute Gasteiger partial charge is 0.340 e. The van der Waals surface area contributed by atoms with Gasteiger partial charge in [-0.15, -0.1) is 0 Å². The van der Waals surface area contributed by atoms with Crippen molar-refractivity contribution in [3.05, 3.63) is 0 Å². The number of rotatable bonds is 3. The molecule has 1 amide bonds. The fraction of sp³-hybridized carbons (Fsp3) is 0.944. The van der Waals surface area contributed by atoms with Crippen molar-refractivity contribution in [2.24, 2.45) is 17.8 Å². The summed E-state index contributed by atoms with van der Waals surface area (Å²) in [4.78, 5) is 17.2. The number of piperazine rings is 1. The van der Waals surface area contributed by atoms with Crippen LogP contribution >= 0.6 is 0 Å². The monoisotopic (exact) mass is 307 g/mol. The molecule has 1 unspecified atom stereocenters. The predicted octanol–water partition coefficient (Wildman–Crippen LogP) is 1.95. The van der Waals surface area contributed by atoms with Gasteiger partial charge in [0.05, 0.1) is 5.92 Å². The minimum atomic E-state index is 0.244. The van der Waals surface area contributed by atoms with E-state index in [1.54, 1.807) is 0 Å². The van der Waals surface area contributed by atoms with E-state index in [9.17, 15) is 4.79 Å².